The number of carbonyl (C=O) groups is 2. The summed E-state index contributed by atoms with van der Waals surface area (Å²) in [6, 6.07) is 10.1. The SMILES string of the molecule is Cc1nc2ccccc2c(=O)n1NC(=O)C[n+]1cccc(C(N)=O)c1. The van der Waals surface area contributed by atoms with Crippen molar-refractivity contribution in [3.8, 4) is 0 Å². The largest absolute Gasteiger partial charge is 0.365 e. The maximum absolute atomic E-state index is 12.5. The van der Waals surface area contributed by atoms with Crippen molar-refractivity contribution in [2.45, 2.75) is 13.5 Å². The number of amides is 2. The van der Waals surface area contributed by atoms with E-state index < -0.39 is 11.8 Å². The van der Waals surface area contributed by atoms with Gasteiger partial charge < -0.3 is 5.73 Å². The van der Waals surface area contributed by atoms with Crippen molar-refractivity contribution >= 4 is 22.7 Å². The van der Waals surface area contributed by atoms with Gasteiger partial charge in [-0.25, -0.2) is 9.66 Å². The number of nitrogens with one attached hydrogen (secondary N) is 1. The molecular formula is C17H16N5O3+. The van der Waals surface area contributed by atoms with Crippen LogP contribution in [0.3, 0.4) is 0 Å². The zero-order valence-corrected chi connectivity index (χ0v) is 13.5. The minimum Gasteiger partial charge on any atom is -0.365 e. The Bertz CT molecular complexity index is 1040. The van der Waals surface area contributed by atoms with E-state index >= 15 is 0 Å². The van der Waals surface area contributed by atoms with Gasteiger partial charge in [0.2, 0.25) is 6.54 Å². The molecule has 8 heteroatoms. The van der Waals surface area contributed by atoms with Crippen molar-refractivity contribution in [2.75, 3.05) is 5.43 Å². The molecule has 3 aromatic rings. The van der Waals surface area contributed by atoms with Gasteiger partial charge in [-0.3, -0.25) is 19.8 Å². The fourth-order valence-corrected chi connectivity index (χ4v) is 2.47. The van der Waals surface area contributed by atoms with Crippen LogP contribution in [0.2, 0.25) is 0 Å². The molecule has 0 aliphatic heterocycles. The lowest BCUT2D eigenvalue weighted by atomic mass is 10.2. The highest BCUT2D eigenvalue weighted by Gasteiger charge is 2.15. The van der Waals surface area contributed by atoms with Crippen molar-refractivity contribution in [1.82, 2.24) is 9.66 Å². The van der Waals surface area contributed by atoms with Crippen LogP contribution in [-0.2, 0) is 11.3 Å². The lowest BCUT2D eigenvalue weighted by Gasteiger charge is -2.10. The monoisotopic (exact) mass is 338 g/mol. The van der Waals surface area contributed by atoms with E-state index in [4.69, 9.17) is 5.73 Å². The number of nitrogens with zero attached hydrogens (tertiary/aromatic N) is 3. The van der Waals surface area contributed by atoms with Gasteiger partial charge in [0.25, 0.3) is 11.5 Å². The quantitative estimate of drug-likeness (QED) is 0.645. The molecule has 2 heterocycles. The molecule has 0 saturated heterocycles. The number of aryl methyl sites for hydroxylation is 1. The van der Waals surface area contributed by atoms with Crippen LogP contribution < -0.4 is 21.3 Å². The first-order valence-corrected chi connectivity index (χ1v) is 7.53. The van der Waals surface area contributed by atoms with Crippen LogP contribution in [0.25, 0.3) is 10.9 Å². The summed E-state index contributed by atoms with van der Waals surface area (Å²) in [5.41, 5.74) is 8.26. The summed E-state index contributed by atoms with van der Waals surface area (Å²) in [5.74, 6) is -0.651. The van der Waals surface area contributed by atoms with Crippen molar-refractivity contribution in [3.63, 3.8) is 0 Å². The Morgan fingerprint density at radius 3 is 2.76 bits per heavy atom. The molecule has 3 N–H and O–H groups in total. The Kier molecular flexibility index (Phi) is 4.25. The highest BCUT2D eigenvalue weighted by atomic mass is 16.2. The number of carbonyl (C=O) groups excluding carboxylic acids is 2. The van der Waals surface area contributed by atoms with E-state index in [1.54, 1.807) is 49.5 Å². The lowest BCUT2D eigenvalue weighted by Crippen LogP contribution is -2.45. The molecule has 0 bridgehead atoms. The number of para-hydroxylation sites is 1. The predicted octanol–water partition coefficient (Wildman–Crippen LogP) is -0.138. The third kappa shape index (κ3) is 3.37. The first-order chi connectivity index (χ1) is 12.0. The third-order valence-corrected chi connectivity index (χ3v) is 3.65. The number of pyridine rings is 1. The lowest BCUT2D eigenvalue weighted by molar-refractivity contribution is -0.684. The molecule has 0 spiro atoms. The van der Waals surface area contributed by atoms with Crippen LogP contribution in [0, 0.1) is 6.92 Å². The number of primary amides is 1. The van der Waals surface area contributed by atoms with Gasteiger partial charge in [0.05, 0.1) is 10.9 Å². The van der Waals surface area contributed by atoms with Gasteiger partial charge in [0, 0.05) is 6.07 Å². The second-order valence-electron chi connectivity index (χ2n) is 5.48. The molecule has 1 aromatic carbocycles. The number of hydrogen-bond acceptors (Lipinski definition) is 4. The summed E-state index contributed by atoms with van der Waals surface area (Å²) in [4.78, 5) is 40.3. The van der Waals surface area contributed by atoms with Gasteiger partial charge in [-0.2, -0.15) is 4.57 Å². The minimum absolute atomic E-state index is 0.0835. The van der Waals surface area contributed by atoms with Gasteiger partial charge in [0.15, 0.2) is 12.4 Å². The molecule has 0 aliphatic rings. The molecule has 2 aromatic heterocycles. The number of hydrogen-bond donors (Lipinski definition) is 2. The first kappa shape index (κ1) is 16.3. The van der Waals surface area contributed by atoms with Crippen molar-refractivity contribution in [2.24, 2.45) is 5.73 Å². The second-order valence-corrected chi connectivity index (χ2v) is 5.48. The molecule has 3 rings (SSSR count). The zero-order valence-electron chi connectivity index (χ0n) is 13.5. The standard InChI is InChI=1S/C17H15N5O3/c1-11-19-14-7-3-2-6-13(14)17(25)22(11)20-15(23)10-21-8-4-5-12(9-21)16(18)24/h2-9H,10H2,1H3,(H2-,18,20,23,24)/p+1. The van der Waals surface area contributed by atoms with Gasteiger partial charge >= 0.3 is 5.91 Å². The Labute approximate surface area is 142 Å². The molecule has 0 atom stereocenters. The summed E-state index contributed by atoms with van der Waals surface area (Å²) in [7, 11) is 0. The summed E-state index contributed by atoms with van der Waals surface area (Å²) in [6.07, 6.45) is 3.09. The molecule has 0 unspecified atom stereocenters. The fraction of sp³-hybridized carbons (Fsp3) is 0.118. The van der Waals surface area contributed by atoms with E-state index in [2.05, 4.69) is 10.4 Å². The Morgan fingerprint density at radius 2 is 2.00 bits per heavy atom. The van der Waals surface area contributed by atoms with Crippen LogP contribution in [0.4, 0.5) is 0 Å². The van der Waals surface area contributed by atoms with Crippen LogP contribution in [-0.4, -0.2) is 21.5 Å². The van der Waals surface area contributed by atoms with Crippen molar-refractivity contribution in [1.29, 1.82) is 0 Å². The van der Waals surface area contributed by atoms with E-state index in [0.717, 1.165) is 4.68 Å². The minimum atomic E-state index is -0.583. The van der Waals surface area contributed by atoms with Crippen LogP contribution in [0.15, 0.2) is 53.6 Å². The van der Waals surface area contributed by atoms with Gasteiger partial charge in [-0.1, -0.05) is 12.1 Å². The summed E-state index contributed by atoms with van der Waals surface area (Å²) in [5, 5.41) is 0.414. The van der Waals surface area contributed by atoms with E-state index in [9.17, 15) is 14.4 Å². The van der Waals surface area contributed by atoms with E-state index in [-0.39, 0.29) is 17.7 Å². The summed E-state index contributed by atoms with van der Waals surface area (Å²) in [6.45, 7) is 1.55. The zero-order chi connectivity index (χ0) is 18.0. The number of fused-ring (bicyclic) bond motifs is 1. The van der Waals surface area contributed by atoms with Crippen LogP contribution >= 0.6 is 0 Å². The third-order valence-electron chi connectivity index (χ3n) is 3.65. The van der Waals surface area contributed by atoms with Gasteiger partial charge in [-0.15, -0.1) is 0 Å². The molecular weight excluding hydrogens is 322 g/mol. The Hall–Kier alpha value is -3.55. The summed E-state index contributed by atoms with van der Waals surface area (Å²) >= 11 is 0. The van der Waals surface area contributed by atoms with Crippen LogP contribution in [0.5, 0.6) is 0 Å². The van der Waals surface area contributed by atoms with Gasteiger partial charge in [0.1, 0.15) is 11.4 Å². The smallest absolute Gasteiger partial charge is 0.304 e. The number of aromatic nitrogens is 3. The highest BCUT2D eigenvalue weighted by molar-refractivity contribution is 5.92. The van der Waals surface area contributed by atoms with E-state index in [0.29, 0.717) is 16.7 Å². The normalized spacial score (nSPS) is 10.6. The maximum atomic E-state index is 12.5. The highest BCUT2D eigenvalue weighted by Crippen LogP contribution is 2.06. The van der Waals surface area contributed by atoms with E-state index in [1.165, 1.54) is 10.8 Å². The molecule has 0 radical (unpaired) electrons. The fourth-order valence-electron chi connectivity index (χ4n) is 2.47. The molecule has 25 heavy (non-hydrogen) atoms. The molecule has 126 valence electrons. The first-order valence-electron chi connectivity index (χ1n) is 7.53. The predicted molar refractivity (Wildman–Crippen MR) is 90.3 cm³/mol. The second kappa shape index (κ2) is 6.52. The molecule has 0 fully saturated rings. The Balaban J connectivity index is 1.86. The molecule has 0 saturated carbocycles. The average Bonchev–Trinajstić information content (AvgIpc) is 2.59. The van der Waals surface area contributed by atoms with Crippen molar-refractivity contribution < 1.29 is 14.2 Å². The summed E-state index contributed by atoms with van der Waals surface area (Å²) < 4.78 is 2.62. The van der Waals surface area contributed by atoms with Gasteiger partial charge in [-0.05, 0) is 25.1 Å². The number of rotatable bonds is 4. The van der Waals surface area contributed by atoms with E-state index in [1.807, 2.05) is 0 Å². The van der Waals surface area contributed by atoms with Crippen molar-refractivity contribution in [3.05, 3.63) is 70.5 Å². The Morgan fingerprint density at radius 1 is 1.24 bits per heavy atom. The topological polar surface area (TPSA) is 111 Å². The number of benzene rings is 1. The number of nitrogens with two attached hydrogens (primary N) is 1. The molecule has 0 aliphatic carbocycles. The average molecular weight is 338 g/mol. The molecule has 2 amide bonds. The maximum Gasteiger partial charge on any atom is 0.304 e. The van der Waals surface area contributed by atoms with Crippen LogP contribution in [0.1, 0.15) is 16.2 Å². The molecule has 8 nitrogen and oxygen atoms in total.